The molecule has 0 atom stereocenters. The van der Waals surface area contributed by atoms with E-state index in [4.69, 9.17) is 4.42 Å². The van der Waals surface area contributed by atoms with E-state index >= 15 is 0 Å². The quantitative estimate of drug-likeness (QED) is 0.435. The molecule has 1 heterocycles. The molecule has 1 aliphatic carbocycles. The number of fused-ring (bicyclic) bond motifs is 2. The second-order valence-electron chi connectivity index (χ2n) is 6.45. The summed E-state index contributed by atoms with van der Waals surface area (Å²) in [6.07, 6.45) is 0. The lowest BCUT2D eigenvalue weighted by Crippen LogP contribution is -2.00. The van der Waals surface area contributed by atoms with Crippen molar-refractivity contribution in [1.82, 2.24) is 0 Å². The minimum absolute atomic E-state index is 0.0369. The fourth-order valence-corrected chi connectivity index (χ4v) is 3.27. The van der Waals surface area contributed by atoms with E-state index < -0.39 is 0 Å². The van der Waals surface area contributed by atoms with E-state index in [0.717, 1.165) is 27.7 Å². The van der Waals surface area contributed by atoms with Gasteiger partial charge in [-0.3, -0.25) is 4.79 Å². The molecule has 2 aromatic carbocycles. The zero-order valence-corrected chi connectivity index (χ0v) is 14.0. The maximum Gasteiger partial charge on any atom is 0.182 e. The molecule has 0 saturated carbocycles. The van der Waals surface area contributed by atoms with Crippen LogP contribution in [0.1, 0.15) is 16.7 Å². The van der Waals surface area contributed by atoms with Gasteiger partial charge in [-0.05, 0) is 55.7 Å². The van der Waals surface area contributed by atoms with Crippen LogP contribution >= 0.6 is 0 Å². The molecule has 0 amide bonds. The zero-order chi connectivity index (χ0) is 16.8. The summed E-state index contributed by atoms with van der Waals surface area (Å²) < 4.78 is 6.04. The molecule has 0 spiro atoms. The molecule has 0 fully saturated rings. The summed E-state index contributed by atoms with van der Waals surface area (Å²) in [6.45, 7) is 6.26. The zero-order valence-electron chi connectivity index (χ0n) is 14.0. The van der Waals surface area contributed by atoms with Gasteiger partial charge in [-0.1, -0.05) is 35.9 Å². The molecule has 0 radical (unpaired) electrons. The lowest BCUT2D eigenvalue weighted by atomic mass is 9.90. The largest absolute Gasteiger partial charge is 0.456 e. The minimum Gasteiger partial charge on any atom is -0.456 e. The molecule has 118 valence electrons. The maximum atomic E-state index is 11.8. The molecule has 0 N–H and O–H groups in total. The van der Waals surface area contributed by atoms with Gasteiger partial charge in [0.05, 0.1) is 0 Å². The van der Waals surface area contributed by atoms with Crippen LogP contribution in [0.3, 0.4) is 0 Å². The van der Waals surface area contributed by atoms with Gasteiger partial charge in [0.2, 0.25) is 0 Å². The van der Waals surface area contributed by atoms with Crippen molar-refractivity contribution in [3.63, 3.8) is 0 Å². The molecule has 0 bridgehead atoms. The third kappa shape index (κ3) is 2.31. The number of hydrogen-bond acceptors (Lipinski definition) is 2. The molecule has 2 aromatic rings. The predicted octanol–water partition coefficient (Wildman–Crippen LogP) is 5.49. The van der Waals surface area contributed by atoms with Crippen LogP contribution in [0.4, 0.5) is 0 Å². The van der Waals surface area contributed by atoms with Crippen molar-refractivity contribution in [3.05, 3.63) is 81.5 Å². The molecule has 0 aromatic heterocycles. The van der Waals surface area contributed by atoms with Crippen molar-refractivity contribution in [3.8, 4) is 22.5 Å². The summed E-state index contributed by atoms with van der Waals surface area (Å²) in [7, 11) is 0. The van der Waals surface area contributed by atoms with Crippen molar-refractivity contribution in [1.29, 1.82) is 0 Å². The van der Waals surface area contributed by atoms with Crippen molar-refractivity contribution >= 4 is 11.0 Å². The van der Waals surface area contributed by atoms with Crippen LogP contribution in [-0.4, -0.2) is 0 Å². The van der Waals surface area contributed by atoms with Crippen LogP contribution in [0.2, 0.25) is 0 Å². The van der Waals surface area contributed by atoms with Gasteiger partial charge in [0.1, 0.15) is 11.3 Å². The Morgan fingerprint density at radius 1 is 0.750 bits per heavy atom. The van der Waals surface area contributed by atoms with Gasteiger partial charge in [-0.2, -0.15) is 0 Å². The first kappa shape index (κ1) is 14.7. The SMILES string of the molecule is Cc1ccc(C)c(-c2c3ccc(=O)cc-3oc3cc(C)ccc23)c1. The van der Waals surface area contributed by atoms with Crippen LogP contribution in [0, 0.1) is 20.8 Å². The molecular weight excluding hydrogens is 296 g/mol. The lowest BCUT2D eigenvalue weighted by molar-refractivity contribution is 0.619. The summed E-state index contributed by atoms with van der Waals surface area (Å²) in [4.78, 5) is 11.8. The van der Waals surface area contributed by atoms with E-state index in [1.54, 1.807) is 12.1 Å². The molecular formula is C22H18O2. The lowest BCUT2D eigenvalue weighted by Gasteiger charge is -2.17. The van der Waals surface area contributed by atoms with E-state index in [-0.39, 0.29) is 5.43 Å². The Hall–Kier alpha value is -2.87. The van der Waals surface area contributed by atoms with E-state index in [2.05, 4.69) is 44.2 Å². The average molecular weight is 314 g/mol. The molecule has 1 aliphatic heterocycles. The Kier molecular flexibility index (Phi) is 3.27. The third-order valence-electron chi connectivity index (χ3n) is 4.51. The molecule has 24 heavy (non-hydrogen) atoms. The van der Waals surface area contributed by atoms with Crippen LogP contribution in [0.15, 0.2) is 63.8 Å². The molecule has 2 heteroatoms. The normalized spacial score (nSPS) is 11.3. The fraction of sp³-hybridized carbons (Fsp3) is 0.136. The highest BCUT2D eigenvalue weighted by atomic mass is 16.3. The van der Waals surface area contributed by atoms with E-state index in [1.807, 2.05) is 19.1 Å². The van der Waals surface area contributed by atoms with E-state index in [0.29, 0.717) is 5.76 Å². The van der Waals surface area contributed by atoms with Gasteiger partial charge >= 0.3 is 0 Å². The second-order valence-corrected chi connectivity index (χ2v) is 6.45. The van der Waals surface area contributed by atoms with Crippen LogP contribution in [-0.2, 0) is 0 Å². The Balaban J connectivity index is 2.23. The summed E-state index contributed by atoms with van der Waals surface area (Å²) in [6, 6.07) is 17.8. The predicted molar refractivity (Wildman–Crippen MR) is 98.8 cm³/mol. The first-order chi connectivity index (χ1) is 11.5. The van der Waals surface area contributed by atoms with Crippen molar-refractivity contribution in [2.45, 2.75) is 20.8 Å². The summed E-state index contributed by atoms with van der Waals surface area (Å²) in [5.74, 6) is 0.636. The van der Waals surface area contributed by atoms with E-state index in [9.17, 15) is 4.79 Å². The molecule has 2 nitrogen and oxygen atoms in total. The second kappa shape index (κ2) is 5.34. The number of benzene rings is 3. The summed E-state index contributed by atoms with van der Waals surface area (Å²) >= 11 is 0. The average Bonchev–Trinajstić information content (AvgIpc) is 2.55. The summed E-state index contributed by atoms with van der Waals surface area (Å²) in [5.41, 5.74) is 7.62. The van der Waals surface area contributed by atoms with Gasteiger partial charge in [-0.25, -0.2) is 0 Å². The highest BCUT2D eigenvalue weighted by Crippen LogP contribution is 2.41. The van der Waals surface area contributed by atoms with Gasteiger partial charge in [-0.15, -0.1) is 0 Å². The Morgan fingerprint density at radius 2 is 1.50 bits per heavy atom. The van der Waals surface area contributed by atoms with Gasteiger partial charge < -0.3 is 4.42 Å². The van der Waals surface area contributed by atoms with Crippen molar-refractivity contribution in [2.24, 2.45) is 0 Å². The Morgan fingerprint density at radius 3 is 2.33 bits per heavy atom. The van der Waals surface area contributed by atoms with E-state index in [1.165, 1.54) is 16.7 Å². The third-order valence-corrected chi connectivity index (χ3v) is 4.51. The molecule has 0 unspecified atom stereocenters. The standard InChI is InChI=1S/C22H18O2/c1-13-4-6-15(3)19(10-13)22-17-8-5-14(2)11-20(17)24-21-12-16(23)7-9-18(21)22/h4-12H,1-3H3. The number of aryl methyl sites for hydroxylation is 3. The number of rotatable bonds is 1. The van der Waals surface area contributed by atoms with Crippen molar-refractivity contribution < 1.29 is 4.42 Å². The van der Waals surface area contributed by atoms with Crippen molar-refractivity contribution in [2.75, 3.05) is 0 Å². The summed E-state index contributed by atoms with van der Waals surface area (Å²) in [5, 5.41) is 1.07. The fourth-order valence-electron chi connectivity index (χ4n) is 3.27. The van der Waals surface area contributed by atoms with Gasteiger partial charge in [0.15, 0.2) is 5.43 Å². The molecule has 4 rings (SSSR count). The molecule has 0 saturated heterocycles. The van der Waals surface area contributed by atoms with Crippen LogP contribution < -0.4 is 5.43 Å². The van der Waals surface area contributed by atoms with Gasteiger partial charge in [0, 0.05) is 22.6 Å². The Labute approximate surface area is 140 Å². The topological polar surface area (TPSA) is 30.2 Å². The first-order valence-electron chi connectivity index (χ1n) is 8.08. The van der Waals surface area contributed by atoms with Gasteiger partial charge in [0.25, 0.3) is 0 Å². The van der Waals surface area contributed by atoms with Crippen LogP contribution in [0.25, 0.3) is 33.4 Å². The smallest absolute Gasteiger partial charge is 0.182 e. The number of hydrogen-bond donors (Lipinski definition) is 0. The molecule has 2 aliphatic rings. The minimum atomic E-state index is -0.0369. The monoisotopic (exact) mass is 314 g/mol. The highest BCUT2D eigenvalue weighted by Gasteiger charge is 2.18. The highest BCUT2D eigenvalue weighted by molar-refractivity contribution is 6.02. The van der Waals surface area contributed by atoms with Crippen LogP contribution in [0.5, 0.6) is 0 Å². The Bertz CT molecular complexity index is 1100. The first-order valence-corrected chi connectivity index (χ1v) is 8.08. The maximum absolute atomic E-state index is 11.8.